The Hall–Kier alpha value is -1.98. The van der Waals surface area contributed by atoms with Gasteiger partial charge in [-0.15, -0.1) is 11.8 Å². The molecule has 0 saturated heterocycles. The van der Waals surface area contributed by atoms with Crippen molar-refractivity contribution in [1.82, 2.24) is 10.2 Å². The highest BCUT2D eigenvalue weighted by Crippen LogP contribution is 2.22. The Balaban J connectivity index is 2.13. The van der Waals surface area contributed by atoms with Crippen molar-refractivity contribution in [2.45, 2.75) is 38.3 Å². The number of benzene rings is 2. The summed E-state index contributed by atoms with van der Waals surface area (Å²) in [5.41, 5.74) is 0.825. The van der Waals surface area contributed by atoms with Gasteiger partial charge in [0.25, 0.3) is 0 Å². The van der Waals surface area contributed by atoms with Crippen LogP contribution in [-0.2, 0) is 16.1 Å². The standard InChI is InChI=1S/C22H27ClN2O2S/c1-16(2)13-24-22(27)17(3)25(14-18-9-7-8-12-20(18)23)21(26)15-28-19-10-5-4-6-11-19/h4-12,16-17H,13-15H2,1-3H3,(H,24,27)/t17-/m0/s1. The first-order valence-electron chi connectivity index (χ1n) is 9.37. The van der Waals surface area contributed by atoms with Gasteiger partial charge in [-0.05, 0) is 36.6 Å². The summed E-state index contributed by atoms with van der Waals surface area (Å²) < 4.78 is 0. The fourth-order valence-electron chi connectivity index (χ4n) is 2.59. The Morgan fingerprint density at radius 2 is 1.68 bits per heavy atom. The summed E-state index contributed by atoms with van der Waals surface area (Å²) in [6, 6.07) is 16.6. The highest BCUT2D eigenvalue weighted by atomic mass is 35.5. The predicted molar refractivity (Wildman–Crippen MR) is 116 cm³/mol. The van der Waals surface area contributed by atoms with Crippen LogP contribution in [0.2, 0.25) is 5.02 Å². The zero-order valence-electron chi connectivity index (χ0n) is 16.5. The zero-order valence-corrected chi connectivity index (χ0v) is 18.1. The third kappa shape index (κ3) is 6.88. The van der Waals surface area contributed by atoms with E-state index in [1.165, 1.54) is 11.8 Å². The monoisotopic (exact) mass is 418 g/mol. The summed E-state index contributed by atoms with van der Waals surface area (Å²) in [6.45, 7) is 6.71. The molecule has 2 rings (SSSR count). The van der Waals surface area contributed by atoms with Crippen molar-refractivity contribution in [3.8, 4) is 0 Å². The van der Waals surface area contributed by atoms with Gasteiger partial charge < -0.3 is 10.2 Å². The molecule has 2 aromatic rings. The first kappa shape index (κ1) is 22.3. The number of rotatable bonds is 9. The summed E-state index contributed by atoms with van der Waals surface area (Å²) in [5, 5.41) is 3.51. The molecule has 0 radical (unpaired) electrons. The predicted octanol–water partition coefficient (Wildman–Crippen LogP) is 4.62. The van der Waals surface area contributed by atoms with E-state index in [1.807, 2.05) is 62.4 Å². The Kier molecular flexibility index (Phi) is 8.87. The molecule has 0 fully saturated rings. The van der Waals surface area contributed by atoms with Crippen molar-refractivity contribution in [3.05, 3.63) is 65.2 Å². The molecule has 0 bridgehead atoms. The molecule has 150 valence electrons. The van der Waals surface area contributed by atoms with Gasteiger partial charge in [-0.1, -0.05) is 61.8 Å². The van der Waals surface area contributed by atoms with E-state index in [0.717, 1.165) is 10.5 Å². The van der Waals surface area contributed by atoms with Crippen LogP contribution in [0.15, 0.2) is 59.5 Å². The maximum absolute atomic E-state index is 13.0. The highest BCUT2D eigenvalue weighted by Gasteiger charge is 2.26. The molecule has 4 nitrogen and oxygen atoms in total. The molecule has 2 amide bonds. The number of hydrogen-bond donors (Lipinski definition) is 1. The Labute approximate surface area is 176 Å². The molecule has 6 heteroatoms. The average molecular weight is 419 g/mol. The summed E-state index contributed by atoms with van der Waals surface area (Å²) in [5.74, 6) is 0.355. The van der Waals surface area contributed by atoms with Crippen molar-refractivity contribution >= 4 is 35.2 Å². The molecule has 0 heterocycles. The number of nitrogens with zero attached hydrogens (tertiary/aromatic N) is 1. The smallest absolute Gasteiger partial charge is 0.242 e. The molecule has 0 spiro atoms. The molecule has 0 unspecified atom stereocenters. The van der Waals surface area contributed by atoms with Gasteiger partial charge in [0.2, 0.25) is 11.8 Å². The topological polar surface area (TPSA) is 49.4 Å². The molecule has 0 saturated carbocycles. The van der Waals surface area contributed by atoms with Crippen molar-refractivity contribution in [3.63, 3.8) is 0 Å². The molecule has 1 N–H and O–H groups in total. The second kappa shape index (κ2) is 11.1. The lowest BCUT2D eigenvalue weighted by Crippen LogP contribution is -2.48. The normalized spacial score (nSPS) is 11.9. The van der Waals surface area contributed by atoms with E-state index in [2.05, 4.69) is 5.32 Å². The van der Waals surface area contributed by atoms with Crippen LogP contribution in [0.4, 0.5) is 0 Å². The van der Waals surface area contributed by atoms with Gasteiger partial charge in [0.15, 0.2) is 0 Å². The van der Waals surface area contributed by atoms with Gasteiger partial charge >= 0.3 is 0 Å². The second-order valence-corrected chi connectivity index (χ2v) is 8.49. The van der Waals surface area contributed by atoms with Crippen LogP contribution in [-0.4, -0.2) is 35.1 Å². The summed E-state index contributed by atoms with van der Waals surface area (Å²) in [7, 11) is 0. The number of nitrogens with one attached hydrogen (secondary N) is 1. The number of carbonyl (C=O) groups is 2. The average Bonchev–Trinajstić information content (AvgIpc) is 2.69. The van der Waals surface area contributed by atoms with Gasteiger partial charge in [0.05, 0.1) is 5.75 Å². The minimum atomic E-state index is -0.584. The van der Waals surface area contributed by atoms with Crippen LogP contribution in [0.3, 0.4) is 0 Å². The zero-order chi connectivity index (χ0) is 20.5. The summed E-state index contributed by atoms with van der Waals surface area (Å²) in [4.78, 5) is 28.2. The van der Waals surface area contributed by atoms with Gasteiger partial charge in [-0.25, -0.2) is 0 Å². The minimum Gasteiger partial charge on any atom is -0.354 e. The maximum Gasteiger partial charge on any atom is 0.242 e. The van der Waals surface area contributed by atoms with Crippen LogP contribution in [0.1, 0.15) is 26.3 Å². The molecule has 1 atom stereocenters. The van der Waals surface area contributed by atoms with Gasteiger partial charge in [0.1, 0.15) is 6.04 Å². The lowest BCUT2D eigenvalue weighted by atomic mass is 10.1. The van der Waals surface area contributed by atoms with Crippen molar-refractivity contribution in [2.75, 3.05) is 12.3 Å². The van der Waals surface area contributed by atoms with Crippen LogP contribution in [0.25, 0.3) is 0 Å². The third-order valence-corrected chi connectivity index (χ3v) is 5.62. The van der Waals surface area contributed by atoms with E-state index in [9.17, 15) is 9.59 Å². The lowest BCUT2D eigenvalue weighted by Gasteiger charge is -2.29. The number of thioether (sulfide) groups is 1. The number of hydrogen-bond acceptors (Lipinski definition) is 3. The SMILES string of the molecule is CC(C)CNC(=O)[C@H](C)N(Cc1ccccc1Cl)C(=O)CSc1ccccc1. The van der Waals surface area contributed by atoms with Crippen molar-refractivity contribution < 1.29 is 9.59 Å². The molecule has 2 aromatic carbocycles. The Morgan fingerprint density at radius 1 is 1.04 bits per heavy atom. The van der Waals surface area contributed by atoms with E-state index < -0.39 is 6.04 Å². The van der Waals surface area contributed by atoms with Crippen LogP contribution in [0, 0.1) is 5.92 Å². The molecular formula is C22H27ClN2O2S. The molecule has 0 aliphatic heterocycles. The third-order valence-electron chi connectivity index (χ3n) is 4.26. The molecule has 0 aliphatic rings. The van der Waals surface area contributed by atoms with Gasteiger partial charge in [0, 0.05) is 23.0 Å². The van der Waals surface area contributed by atoms with E-state index in [-0.39, 0.29) is 17.6 Å². The van der Waals surface area contributed by atoms with Gasteiger partial charge in [-0.3, -0.25) is 9.59 Å². The lowest BCUT2D eigenvalue weighted by molar-refractivity contribution is -0.138. The van der Waals surface area contributed by atoms with E-state index in [4.69, 9.17) is 11.6 Å². The minimum absolute atomic E-state index is 0.0963. The fraction of sp³-hybridized carbons (Fsp3) is 0.364. The fourth-order valence-corrected chi connectivity index (χ4v) is 3.59. The molecule has 28 heavy (non-hydrogen) atoms. The van der Waals surface area contributed by atoms with Crippen LogP contribution < -0.4 is 5.32 Å². The number of halogens is 1. The molecule has 0 aromatic heterocycles. The maximum atomic E-state index is 13.0. The first-order chi connectivity index (χ1) is 13.4. The van der Waals surface area contributed by atoms with E-state index in [1.54, 1.807) is 17.9 Å². The van der Waals surface area contributed by atoms with Crippen LogP contribution >= 0.6 is 23.4 Å². The summed E-state index contributed by atoms with van der Waals surface area (Å²) >= 11 is 7.75. The highest BCUT2D eigenvalue weighted by molar-refractivity contribution is 8.00. The summed E-state index contributed by atoms with van der Waals surface area (Å²) in [6.07, 6.45) is 0. The van der Waals surface area contributed by atoms with Gasteiger partial charge in [-0.2, -0.15) is 0 Å². The number of amides is 2. The van der Waals surface area contributed by atoms with E-state index in [0.29, 0.717) is 24.0 Å². The first-order valence-corrected chi connectivity index (χ1v) is 10.7. The van der Waals surface area contributed by atoms with Crippen molar-refractivity contribution in [2.24, 2.45) is 5.92 Å². The van der Waals surface area contributed by atoms with Crippen molar-refractivity contribution in [1.29, 1.82) is 0 Å². The Morgan fingerprint density at radius 3 is 2.32 bits per heavy atom. The molecular weight excluding hydrogens is 392 g/mol. The molecule has 0 aliphatic carbocycles. The largest absolute Gasteiger partial charge is 0.354 e. The second-order valence-electron chi connectivity index (χ2n) is 7.03. The van der Waals surface area contributed by atoms with E-state index >= 15 is 0 Å². The number of carbonyl (C=O) groups excluding carboxylic acids is 2. The van der Waals surface area contributed by atoms with Crippen LogP contribution in [0.5, 0.6) is 0 Å². The Bertz CT molecular complexity index is 783. The quantitative estimate of drug-likeness (QED) is 0.604.